The molecule has 0 saturated carbocycles. The minimum absolute atomic E-state index is 0.418. The summed E-state index contributed by atoms with van der Waals surface area (Å²) in [6.07, 6.45) is 3.40. The molecule has 0 aliphatic rings. The first-order valence-corrected chi connectivity index (χ1v) is 9.41. The van der Waals surface area contributed by atoms with Gasteiger partial charge in [0.1, 0.15) is 5.82 Å². The average molecular weight is 390 g/mol. The molecule has 5 aromatic rings. The molecule has 0 amide bonds. The molecule has 0 aliphatic heterocycles. The maximum absolute atomic E-state index is 5.38. The number of hydrogen-bond donors (Lipinski definition) is 0. The zero-order chi connectivity index (χ0) is 18.9. The zero-order valence-corrected chi connectivity index (χ0v) is 15.6. The maximum atomic E-state index is 5.38. The summed E-state index contributed by atoms with van der Waals surface area (Å²) >= 11 is 1.61. The molecule has 5 rings (SSSR count). The van der Waals surface area contributed by atoms with Crippen LogP contribution in [0, 0.1) is 0 Å². The van der Waals surface area contributed by atoms with E-state index in [9.17, 15) is 0 Å². The number of thiophene rings is 1. The summed E-state index contributed by atoms with van der Waals surface area (Å²) in [7, 11) is 1.91. The first-order chi connectivity index (χ1) is 13.8. The highest BCUT2D eigenvalue weighted by atomic mass is 32.1. The second-order valence-electron chi connectivity index (χ2n) is 6.11. The van der Waals surface area contributed by atoms with Crippen LogP contribution in [0.3, 0.4) is 0 Å². The molecule has 0 spiro atoms. The standard InChI is InChI=1S/C18H14N8OS/c1-25(10-16-20-17(24-27-16)12-3-2-7-19-9-12)15-5-4-14-21-22-18(26(14)23-15)13-6-8-28-11-13/h2-9,11H,10H2,1H3. The predicted molar refractivity (Wildman–Crippen MR) is 104 cm³/mol. The number of rotatable bonds is 5. The summed E-state index contributed by atoms with van der Waals surface area (Å²) in [5.74, 6) is 2.46. The van der Waals surface area contributed by atoms with Crippen molar-refractivity contribution in [2.24, 2.45) is 0 Å². The summed E-state index contributed by atoms with van der Waals surface area (Å²) in [5, 5.41) is 21.2. The Morgan fingerprint density at radius 1 is 1.14 bits per heavy atom. The van der Waals surface area contributed by atoms with Crippen molar-refractivity contribution in [3.8, 4) is 22.8 Å². The van der Waals surface area contributed by atoms with Crippen LogP contribution in [0.1, 0.15) is 5.89 Å². The van der Waals surface area contributed by atoms with Gasteiger partial charge in [-0.05, 0) is 35.7 Å². The Hall–Kier alpha value is -3.66. The quantitative estimate of drug-likeness (QED) is 0.452. The molecule has 28 heavy (non-hydrogen) atoms. The molecular weight excluding hydrogens is 376 g/mol. The predicted octanol–water partition coefficient (Wildman–Crippen LogP) is 2.93. The van der Waals surface area contributed by atoms with Gasteiger partial charge < -0.3 is 9.42 Å². The van der Waals surface area contributed by atoms with Crippen LogP contribution < -0.4 is 4.90 Å². The van der Waals surface area contributed by atoms with E-state index in [1.807, 2.05) is 53.0 Å². The fraction of sp³-hybridized carbons (Fsp3) is 0.111. The van der Waals surface area contributed by atoms with E-state index in [4.69, 9.17) is 4.52 Å². The van der Waals surface area contributed by atoms with Crippen LogP contribution in [0.25, 0.3) is 28.4 Å². The SMILES string of the molecule is CN(Cc1nc(-c2cccnc2)no1)c1ccc2nnc(-c3ccsc3)n2n1. The second kappa shape index (κ2) is 6.82. The normalized spacial score (nSPS) is 11.2. The summed E-state index contributed by atoms with van der Waals surface area (Å²) < 4.78 is 7.12. The number of hydrogen-bond acceptors (Lipinski definition) is 9. The van der Waals surface area contributed by atoms with Crippen molar-refractivity contribution < 1.29 is 4.52 Å². The lowest BCUT2D eigenvalue weighted by molar-refractivity contribution is 0.378. The molecule has 0 aromatic carbocycles. The summed E-state index contributed by atoms with van der Waals surface area (Å²) in [6.45, 7) is 0.418. The van der Waals surface area contributed by atoms with Crippen LogP contribution in [0.4, 0.5) is 5.82 Å². The Morgan fingerprint density at radius 3 is 2.93 bits per heavy atom. The monoisotopic (exact) mass is 390 g/mol. The van der Waals surface area contributed by atoms with Gasteiger partial charge in [0.05, 0.1) is 6.54 Å². The number of nitrogens with zero attached hydrogens (tertiary/aromatic N) is 8. The van der Waals surface area contributed by atoms with Gasteiger partial charge in [0, 0.05) is 35.9 Å². The van der Waals surface area contributed by atoms with Gasteiger partial charge in [-0.25, -0.2) is 0 Å². The fourth-order valence-electron chi connectivity index (χ4n) is 2.77. The second-order valence-corrected chi connectivity index (χ2v) is 6.89. The molecule has 5 heterocycles. The van der Waals surface area contributed by atoms with E-state index in [-0.39, 0.29) is 0 Å². The molecule has 138 valence electrons. The molecule has 0 unspecified atom stereocenters. The van der Waals surface area contributed by atoms with Crippen molar-refractivity contribution in [1.82, 2.24) is 34.9 Å². The van der Waals surface area contributed by atoms with Gasteiger partial charge >= 0.3 is 0 Å². The third-order valence-electron chi connectivity index (χ3n) is 4.18. The molecule has 0 atom stereocenters. The van der Waals surface area contributed by atoms with Gasteiger partial charge in [-0.15, -0.1) is 15.3 Å². The maximum Gasteiger partial charge on any atom is 0.246 e. The highest BCUT2D eigenvalue weighted by Crippen LogP contribution is 2.22. The fourth-order valence-corrected chi connectivity index (χ4v) is 3.40. The molecule has 9 nitrogen and oxygen atoms in total. The Balaban J connectivity index is 1.41. The highest BCUT2D eigenvalue weighted by Gasteiger charge is 2.15. The molecule has 10 heteroatoms. The van der Waals surface area contributed by atoms with E-state index in [0.717, 1.165) is 16.9 Å². The van der Waals surface area contributed by atoms with E-state index in [0.29, 0.717) is 29.7 Å². The van der Waals surface area contributed by atoms with Gasteiger partial charge in [0.2, 0.25) is 11.7 Å². The minimum atomic E-state index is 0.418. The van der Waals surface area contributed by atoms with Crippen molar-refractivity contribution in [3.63, 3.8) is 0 Å². The third kappa shape index (κ3) is 2.99. The van der Waals surface area contributed by atoms with Gasteiger partial charge in [-0.3, -0.25) is 4.98 Å². The van der Waals surface area contributed by atoms with Crippen molar-refractivity contribution in [3.05, 3.63) is 59.4 Å². The topological polar surface area (TPSA) is 98.1 Å². The van der Waals surface area contributed by atoms with Crippen molar-refractivity contribution in [2.75, 3.05) is 11.9 Å². The Labute approximate surface area is 163 Å². The summed E-state index contributed by atoms with van der Waals surface area (Å²) in [5.41, 5.74) is 2.49. The summed E-state index contributed by atoms with van der Waals surface area (Å²) in [4.78, 5) is 10.4. The average Bonchev–Trinajstić information content (AvgIpc) is 3.48. The minimum Gasteiger partial charge on any atom is -0.349 e. The van der Waals surface area contributed by atoms with Crippen molar-refractivity contribution in [1.29, 1.82) is 0 Å². The van der Waals surface area contributed by atoms with Crippen molar-refractivity contribution in [2.45, 2.75) is 6.54 Å². The van der Waals surface area contributed by atoms with E-state index >= 15 is 0 Å². The van der Waals surface area contributed by atoms with Crippen LogP contribution in [0.5, 0.6) is 0 Å². The molecule has 0 radical (unpaired) electrons. The Morgan fingerprint density at radius 2 is 2.11 bits per heavy atom. The number of anilines is 1. The van der Waals surface area contributed by atoms with E-state index in [1.54, 1.807) is 28.2 Å². The molecule has 5 aromatic heterocycles. The van der Waals surface area contributed by atoms with Gasteiger partial charge in [-0.2, -0.15) is 20.8 Å². The number of pyridine rings is 1. The highest BCUT2D eigenvalue weighted by molar-refractivity contribution is 7.08. The first-order valence-electron chi connectivity index (χ1n) is 8.47. The lowest BCUT2D eigenvalue weighted by Gasteiger charge is -2.15. The van der Waals surface area contributed by atoms with Gasteiger partial charge in [-0.1, -0.05) is 5.16 Å². The summed E-state index contributed by atoms with van der Waals surface area (Å²) in [6, 6.07) is 9.49. The van der Waals surface area contributed by atoms with E-state index in [1.165, 1.54) is 0 Å². The Bertz CT molecular complexity index is 1220. The smallest absolute Gasteiger partial charge is 0.246 e. The van der Waals surface area contributed by atoms with E-state index < -0.39 is 0 Å². The van der Waals surface area contributed by atoms with Gasteiger partial charge in [0.15, 0.2) is 11.5 Å². The lowest BCUT2D eigenvalue weighted by atomic mass is 10.3. The molecular formula is C18H14N8OS. The molecule has 0 aliphatic carbocycles. The van der Waals surface area contributed by atoms with E-state index in [2.05, 4.69) is 30.4 Å². The number of fused-ring (bicyclic) bond motifs is 1. The van der Waals surface area contributed by atoms with Crippen LogP contribution in [0.2, 0.25) is 0 Å². The largest absolute Gasteiger partial charge is 0.349 e. The van der Waals surface area contributed by atoms with Crippen LogP contribution >= 0.6 is 11.3 Å². The van der Waals surface area contributed by atoms with Crippen LogP contribution in [-0.4, -0.2) is 42.0 Å². The molecule has 0 N–H and O–H groups in total. The third-order valence-corrected chi connectivity index (χ3v) is 4.86. The molecule has 0 bridgehead atoms. The lowest BCUT2D eigenvalue weighted by Crippen LogP contribution is -2.19. The Kier molecular flexibility index (Phi) is 4.02. The van der Waals surface area contributed by atoms with Crippen LogP contribution in [0.15, 0.2) is 58.0 Å². The number of aromatic nitrogens is 7. The van der Waals surface area contributed by atoms with Crippen molar-refractivity contribution >= 4 is 22.8 Å². The first kappa shape index (κ1) is 16.5. The molecule has 0 fully saturated rings. The molecule has 0 saturated heterocycles. The zero-order valence-electron chi connectivity index (χ0n) is 14.8. The van der Waals surface area contributed by atoms with Gasteiger partial charge in [0.25, 0.3) is 0 Å². The van der Waals surface area contributed by atoms with Crippen LogP contribution in [-0.2, 0) is 6.54 Å².